The van der Waals surface area contributed by atoms with E-state index in [9.17, 15) is 22.7 Å². The summed E-state index contributed by atoms with van der Waals surface area (Å²) in [6.07, 6.45) is 6.24. The highest BCUT2D eigenvalue weighted by Crippen LogP contribution is 2.38. The summed E-state index contributed by atoms with van der Waals surface area (Å²) in [7, 11) is 0. The molecule has 0 saturated heterocycles. The second kappa shape index (κ2) is 11.1. The standard InChI is InChI=1S/C29H28F4O2/c1-2-35-25-16-15-24(28(32)29(25)33)20-8-3-18(4-9-20)5-12-22-13-14-23(27(31)26(22)30)21-10-6-19(17-34)7-11-21/h3-5,8-9,12-16,19,21,34H,2,6-7,10-11,17H2,1H3/b12-5+. The maximum atomic E-state index is 14.8. The van der Waals surface area contributed by atoms with Crippen LogP contribution < -0.4 is 4.74 Å². The number of aliphatic hydroxyl groups excluding tert-OH is 1. The summed E-state index contributed by atoms with van der Waals surface area (Å²) in [5.41, 5.74) is 1.83. The second-order valence-electron chi connectivity index (χ2n) is 8.90. The van der Waals surface area contributed by atoms with Crippen LogP contribution in [0.2, 0.25) is 0 Å². The van der Waals surface area contributed by atoms with Gasteiger partial charge in [-0.15, -0.1) is 0 Å². The van der Waals surface area contributed by atoms with Crippen LogP contribution in [0.1, 0.15) is 55.2 Å². The highest BCUT2D eigenvalue weighted by Gasteiger charge is 2.25. The number of rotatable bonds is 7. The molecule has 6 heteroatoms. The van der Waals surface area contributed by atoms with Gasteiger partial charge in [-0.1, -0.05) is 48.6 Å². The van der Waals surface area contributed by atoms with E-state index in [2.05, 4.69) is 0 Å². The molecule has 0 aromatic heterocycles. The van der Waals surface area contributed by atoms with Gasteiger partial charge >= 0.3 is 0 Å². The van der Waals surface area contributed by atoms with E-state index in [0.717, 1.165) is 25.7 Å². The van der Waals surface area contributed by atoms with Crippen LogP contribution in [0, 0.1) is 29.2 Å². The Morgan fingerprint density at radius 1 is 0.800 bits per heavy atom. The van der Waals surface area contributed by atoms with E-state index < -0.39 is 23.3 Å². The average molecular weight is 485 g/mol. The minimum Gasteiger partial charge on any atom is -0.491 e. The summed E-state index contributed by atoms with van der Waals surface area (Å²) in [6, 6.07) is 12.8. The molecule has 0 heterocycles. The Hall–Kier alpha value is -3.12. The van der Waals surface area contributed by atoms with Gasteiger partial charge in [0.15, 0.2) is 23.2 Å². The lowest BCUT2D eigenvalue weighted by molar-refractivity contribution is 0.181. The van der Waals surface area contributed by atoms with Crippen molar-refractivity contribution in [2.75, 3.05) is 13.2 Å². The lowest BCUT2D eigenvalue weighted by Crippen LogP contribution is -2.17. The van der Waals surface area contributed by atoms with E-state index in [1.807, 2.05) is 0 Å². The maximum Gasteiger partial charge on any atom is 0.201 e. The smallest absolute Gasteiger partial charge is 0.201 e. The van der Waals surface area contributed by atoms with Gasteiger partial charge in [-0.3, -0.25) is 0 Å². The van der Waals surface area contributed by atoms with Gasteiger partial charge in [0.2, 0.25) is 5.82 Å². The second-order valence-corrected chi connectivity index (χ2v) is 8.90. The molecule has 1 saturated carbocycles. The van der Waals surface area contributed by atoms with Gasteiger partial charge in [-0.25, -0.2) is 13.2 Å². The zero-order valence-electron chi connectivity index (χ0n) is 19.5. The molecule has 1 aliphatic carbocycles. The molecule has 0 spiro atoms. The van der Waals surface area contributed by atoms with Crippen LogP contribution in [0.4, 0.5) is 17.6 Å². The summed E-state index contributed by atoms with van der Waals surface area (Å²) in [4.78, 5) is 0. The van der Waals surface area contributed by atoms with Gasteiger partial charge in [0.25, 0.3) is 0 Å². The molecule has 2 nitrogen and oxygen atoms in total. The lowest BCUT2D eigenvalue weighted by Gasteiger charge is -2.28. The van der Waals surface area contributed by atoms with E-state index in [0.29, 0.717) is 16.7 Å². The van der Waals surface area contributed by atoms with Gasteiger partial charge in [0, 0.05) is 17.7 Å². The third-order valence-electron chi connectivity index (χ3n) is 6.71. The Morgan fingerprint density at radius 3 is 2.17 bits per heavy atom. The van der Waals surface area contributed by atoms with Crippen molar-refractivity contribution in [1.82, 2.24) is 0 Å². The molecular weight excluding hydrogens is 456 g/mol. The first-order valence-electron chi connectivity index (χ1n) is 11.9. The summed E-state index contributed by atoms with van der Waals surface area (Å²) in [5.74, 6) is -3.64. The van der Waals surface area contributed by atoms with Crippen LogP contribution in [0.5, 0.6) is 5.75 Å². The minimum atomic E-state index is -1.03. The van der Waals surface area contributed by atoms with Crippen molar-refractivity contribution in [2.45, 2.75) is 38.5 Å². The predicted molar refractivity (Wildman–Crippen MR) is 130 cm³/mol. The van der Waals surface area contributed by atoms with Crippen molar-refractivity contribution in [1.29, 1.82) is 0 Å². The summed E-state index contributed by atoms with van der Waals surface area (Å²) < 4.78 is 63.3. The van der Waals surface area contributed by atoms with Crippen molar-refractivity contribution >= 4 is 12.2 Å². The molecule has 1 fully saturated rings. The lowest BCUT2D eigenvalue weighted by atomic mass is 9.78. The highest BCUT2D eigenvalue weighted by atomic mass is 19.2. The molecule has 3 aromatic carbocycles. The number of benzene rings is 3. The molecule has 0 bridgehead atoms. The Labute approximate surface area is 202 Å². The van der Waals surface area contributed by atoms with Crippen LogP contribution >= 0.6 is 0 Å². The number of aliphatic hydroxyl groups is 1. The first kappa shape index (κ1) is 25.0. The fraction of sp³-hybridized carbons (Fsp3) is 0.310. The van der Waals surface area contributed by atoms with E-state index in [1.54, 1.807) is 49.4 Å². The number of halogens is 4. The van der Waals surface area contributed by atoms with E-state index >= 15 is 0 Å². The third kappa shape index (κ3) is 5.43. The highest BCUT2D eigenvalue weighted by molar-refractivity contribution is 5.73. The van der Waals surface area contributed by atoms with Gasteiger partial charge in [-0.2, -0.15) is 4.39 Å². The molecule has 0 atom stereocenters. The predicted octanol–water partition coefficient (Wildman–Crippen LogP) is 7.75. The van der Waals surface area contributed by atoms with Crippen LogP contribution in [-0.2, 0) is 0 Å². The molecule has 4 rings (SSSR count). The maximum absolute atomic E-state index is 14.8. The fourth-order valence-electron chi connectivity index (χ4n) is 4.66. The largest absolute Gasteiger partial charge is 0.491 e. The van der Waals surface area contributed by atoms with Crippen molar-refractivity contribution in [3.8, 4) is 16.9 Å². The summed E-state index contributed by atoms with van der Waals surface area (Å²) in [6.45, 7) is 2.06. The molecule has 35 heavy (non-hydrogen) atoms. The molecule has 1 N–H and O–H groups in total. The van der Waals surface area contributed by atoms with Gasteiger partial charge in [0.05, 0.1) is 6.61 Å². The van der Waals surface area contributed by atoms with E-state index in [-0.39, 0.29) is 41.9 Å². The van der Waals surface area contributed by atoms with E-state index in [4.69, 9.17) is 4.74 Å². The minimum absolute atomic E-state index is 0.0364. The van der Waals surface area contributed by atoms with Crippen LogP contribution in [0.25, 0.3) is 23.3 Å². The Balaban J connectivity index is 1.49. The van der Waals surface area contributed by atoms with Crippen LogP contribution in [0.3, 0.4) is 0 Å². The Bertz CT molecular complexity index is 1200. The average Bonchev–Trinajstić information content (AvgIpc) is 2.88. The zero-order valence-corrected chi connectivity index (χ0v) is 19.5. The normalized spacial score (nSPS) is 18.2. The molecule has 0 unspecified atom stereocenters. The molecule has 184 valence electrons. The molecule has 3 aromatic rings. The number of ether oxygens (including phenoxy) is 1. The van der Waals surface area contributed by atoms with Gasteiger partial charge < -0.3 is 9.84 Å². The fourth-order valence-corrected chi connectivity index (χ4v) is 4.66. The first-order valence-corrected chi connectivity index (χ1v) is 11.9. The van der Waals surface area contributed by atoms with Crippen molar-refractivity contribution < 1.29 is 27.4 Å². The third-order valence-corrected chi connectivity index (χ3v) is 6.71. The molecule has 1 aliphatic rings. The molecule has 0 amide bonds. The molecule has 0 aliphatic heterocycles. The molecule has 0 radical (unpaired) electrons. The SMILES string of the molecule is CCOc1ccc(-c2ccc(/C=C/c3ccc(C4CCC(CO)CC4)c(F)c3F)cc2)c(F)c1F. The van der Waals surface area contributed by atoms with E-state index in [1.165, 1.54) is 18.2 Å². The van der Waals surface area contributed by atoms with Crippen LogP contribution in [-0.4, -0.2) is 18.3 Å². The Kier molecular flexibility index (Phi) is 7.91. The van der Waals surface area contributed by atoms with Crippen molar-refractivity contribution in [3.63, 3.8) is 0 Å². The van der Waals surface area contributed by atoms with Crippen molar-refractivity contribution in [3.05, 3.63) is 88.5 Å². The topological polar surface area (TPSA) is 29.5 Å². The first-order chi connectivity index (χ1) is 16.9. The van der Waals surface area contributed by atoms with Crippen LogP contribution in [0.15, 0.2) is 48.5 Å². The Morgan fingerprint density at radius 2 is 1.51 bits per heavy atom. The summed E-state index contributed by atoms with van der Waals surface area (Å²) in [5, 5.41) is 9.28. The van der Waals surface area contributed by atoms with Crippen molar-refractivity contribution in [2.24, 2.45) is 5.92 Å². The zero-order chi connectivity index (χ0) is 24.9. The molecular formula is C29H28F4O2. The monoisotopic (exact) mass is 484 g/mol. The number of hydrogen-bond acceptors (Lipinski definition) is 2. The van der Waals surface area contributed by atoms with Gasteiger partial charge in [0.1, 0.15) is 0 Å². The summed E-state index contributed by atoms with van der Waals surface area (Å²) >= 11 is 0. The van der Waals surface area contributed by atoms with Gasteiger partial charge in [-0.05, 0) is 73.3 Å². The number of hydrogen-bond donors (Lipinski definition) is 1. The quantitative estimate of drug-likeness (QED) is 0.274.